The number of hydrogen-bond acceptors (Lipinski definition) is 5. The second-order valence-electron chi connectivity index (χ2n) is 6.21. The summed E-state index contributed by atoms with van der Waals surface area (Å²) in [6, 6.07) is 8.64. The molecule has 0 radical (unpaired) electrons. The van der Waals surface area contributed by atoms with Gasteiger partial charge in [-0.3, -0.25) is 9.55 Å². The van der Waals surface area contributed by atoms with Crippen LogP contribution in [-0.4, -0.2) is 25.9 Å². The highest BCUT2D eigenvalue weighted by atomic mass is 35.5. The van der Waals surface area contributed by atoms with E-state index in [4.69, 9.17) is 23.2 Å². The molecule has 0 fully saturated rings. The highest BCUT2D eigenvalue weighted by Gasteiger charge is 2.30. The maximum Gasteiger partial charge on any atom is 0.573 e. The molecule has 4 aromatic rings. The van der Waals surface area contributed by atoms with Gasteiger partial charge in [0.05, 0.1) is 33.5 Å². The zero-order valence-electron chi connectivity index (χ0n) is 15.2. The lowest BCUT2D eigenvalue weighted by atomic mass is 10.3. The van der Waals surface area contributed by atoms with Crippen molar-refractivity contribution in [3.63, 3.8) is 0 Å². The number of aromatic nitrogens is 4. The Kier molecular flexibility index (Phi) is 5.17. The third-order valence-corrected chi connectivity index (χ3v) is 4.80. The van der Waals surface area contributed by atoms with E-state index in [1.165, 1.54) is 30.5 Å². The van der Waals surface area contributed by atoms with E-state index in [1.54, 1.807) is 22.9 Å². The van der Waals surface area contributed by atoms with Gasteiger partial charge < -0.3 is 10.1 Å². The number of aryl methyl sites for hydroxylation is 1. The van der Waals surface area contributed by atoms with Crippen molar-refractivity contribution in [1.29, 1.82) is 0 Å². The number of fused-ring (bicyclic) bond motifs is 1. The second kappa shape index (κ2) is 7.66. The van der Waals surface area contributed by atoms with Gasteiger partial charge >= 0.3 is 6.36 Å². The zero-order valence-corrected chi connectivity index (χ0v) is 16.7. The first-order valence-electron chi connectivity index (χ1n) is 8.49. The van der Waals surface area contributed by atoms with Gasteiger partial charge in [0.25, 0.3) is 0 Å². The molecule has 0 aliphatic carbocycles. The van der Waals surface area contributed by atoms with Crippen LogP contribution in [0.4, 0.5) is 24.7 Å². The first kappa shape index (κ1) is 20.2. The SMILES string of the molecule is Cc1nc2cc(Cl)c(Cl)cc2n1-c1cncc(Nc2ccc(OC(F)(F)F)cc2)n1. The first-order chi connectivity index (χ1) is 14.2. The Morgan fingerprint density at radius 1 is 1.00 bits per heavy atom. The summed E-state index contributed by atoms with van der Waals surface area (Å²) in [7, 11) is 0. The Morgan fingerprint density at radius 2 is 1.70 bits per heavy atom. The van der Waals surface area contributed by atoms with Crippen molar-refractivity contribution in [3.8, 4) is 11.6 Å². The number of halogens is 5. The van der Waals surface area contributed by atoms with Crippen molar-refractivity contribution in [2.24, 2.45) is 0 Å². The molecular formula is C19H12Cl2F3N5O. The number of hydrogen-bond donors (Lipinski definition) is 1. The van der Waals surface area contributed by atoms with Crippen molar-refractivity contribution in [2.75, 3.05) is 5.32 Å². The average molecular weight is 454 g/mol. The highest BCUT2D eigenvalue weighted by molar-refractivity contribution is 6.42. The van der Waals surface area contributed by atoms with Crippen LogP contribution in [-0.2, 0) is 0 Å². The molecular weight excluding hydrogens is 442 g/mol. The lowest BCUT2D eigenvalue weighted by Gasteiger charge is -2.11. The molecule has 0 aliphatic rings. The van der Waals surface area contributed by atoms with Crippen molar-refractivity contribution >= 4 is 45.7 Å². The van der Waals surface area contributed by atoms with Crippen LogP contribution in [0.2, 0.25) is 10.0 Å². The minimum Gasteiger partial charge on any atom is -0.406 e. The first-order valence-corrected chi connectivity index (χ1v) is 9.24. The predicted octanol–water partition coefficient (Wildman–Crippen LogP) is 6.07. The van der Waals surface area contributed by atoms with Crippen LogP contribution in [0.5, 0.6) is 5.75 Å². The van der Waals surface area contributed by atoms with E-state index >= 15 is 0 Å². The van der Waals surface area contributed by atoms with Gasteiger partial charge in [-0.25, -0.2) is 9.97 Å². The van der Waals surface area contributed by atoms with Crippen molar-refractivity contribution < 1.29 is 17.9 Å². The van der Waals surface area contributed by atoms with Gasteiger partial charge in [-0.1, -0.05) is 23.2 Å². The minimum absolute atomic E-state index is 0.316. The number of imidazole rings is 1. The number of ether oxygens (including phenoxy) is 1. The van der Waals surface area contributed by atoms with Gasteiger partial charge in [0, 0.05) is 5.69 Å². The molecule has 0 amide bonds. The molecule has 0 spiro atoms. The molecule has 0 atom stereocenters. The largest absolute Gasteiger partial charge is 0.573 e. The van der Waals surface area contributed by atoms with Gasteiger partial charge in [-0.15, -0.1) is 13.2 Å². The zero-order chi connectivity index (χ0) is 21.5. The number of nitrogens with zero attached hydrogens (tertiary/aromatic N) is 4. The van der Waals surface area contributed by atoms with Gasteiger partial charge in [-0.05, 0) is 43.3 Å². The summed E-state index contributed by atoms with van der Waals surface area (Å²) in [5.41, 5.74) is 1.88. The van der Waals surface area contributed by atoms with Gasteiger partial charge in [0.1, 0.15) is 11.6 Å². The van der Waals surface area contributed by atoms with Crippen LogP contribution in [0.3, 0.4) is 0 Å². The maximum absolute atomic E-state index is 12.3. The van der Waals surface area contributed by atoms with E-state index in [2.05, 4.69) is 25.0 Å². The molecule has 30 heavy (non-hydrogen) atoms. The van der Waals surface area contributed by atoms with Crippen LogP contribution < -0.4 is 10.1 Å². The van der Waals surface area contributed by atoms with Crippen LogP contribution in [0, 0.1) is 6.92 Å². The Balaban J connectivity index is 1.63. The highest BCUT2D eigenvalue weighted by Crippen LogP contribution is 2.30. The molecule has 1 N–H and O–H groups in total. The van der Waals surface area contributed by atoms with E-state index < -0.39 is 6.36 Å². The van der Waals surface area contributed by atoms with Crippen LogP contribution >= 0.6 is 23.2 Å². The molecule has 154 valence electrons. The van der Waals surface area contributed by atoms with E-state index in [9.17, 15) is 13.2 Å². The number of alkyl halides is 3. The van der Waals surface area contributed by atoms with Gasteiger partial charge in [-0.2, -0.15) is 0 Å². The second-order valence-corrected chi connectivity index (χ2v) is 7.02. The molecule has 0 unspecified atom stereocenters. The summed E-state index contributed by atoms with van der Waals surface area (Å²) in [4.78, 5) is 13.2. The predicted molar refractivity (Wildman–Crippen MR) is 108 cm³/mol. The van der Waals surface area contributed by atoms with Crippen LogP contribution in [0.15, 0.2) is 48.8 Å². The molecule has 4 rings (SSSR count). The molecule has 6 nitrogen and oxygen atoms in total. The fourth-order valence-corrected chi connectivity index (χ4v) is 3.21. The summed E-state index contributed by atoms with van der Waals surface area (Å²) in [5.74, 6) is 1.21. The molecule has 2 aromatic heterocycles. The minimum atomic E-state index is -4.74. The Bertz CT molecular complexity index is 1230. The molecule has 2 aromatic carbocycles. The van der Waals surface area contributed by atoms with E-state index in [0.717, 1.165) is 0 Å². The fourth-order valence-electron chi connectivity index (χ4n) is 2.89. The quantitative estimate of drug-likeness (QED) is 0.406. The summed E-state index contributed by atoms with van der Waals surface area (Å²) in [6.45, 7) is 1.81. The average Bonchev–Trinajstić information content (AvgIpc) is 2.97. The van der Waals surface area contributed by atoms with Gasteiger partial charge in [0.2, 0.25) is 0 Å². The molecule has 0 saturated heterocycles. The molecule has 0 saturated carbocycles. The topological polar surface area (TPSA) is 64.9 Å². The number of rotatable bonds is 4. The van der Waals surface area contributed by atoms with Gasteiger partial charge in [0.15, 0.2) is 11.6 Å². The molecule has 2 heterocycles. The third-order valence-electron chi connectivity index (χ3n) is 4.08. The summed E-state index contributed by atoms with van der Waals surface area (Å²) < 4.78 is 42.5. The smallest absolute Gasteiger partial charge is 0.406 e. The van der Waals surface area contributed by atoms with Crippen LogP contribution in [0.1, 0.15) is 5.82 Å². The fraction of sp³-hybridized carbons (Fsp3) is 0.105. The van der Waals surface area contributed by atoms with Crippen LogP contribution in [0.25, 0.3) is 16.9 Å². The Hall–Kier alpha value is -3.04. The van der Waals surface area contributed by atoms with Crippen molar-refractivity contribution in [2.45, 2.75) is 13.3 Å². The molecule has 11 heteroatoms. The lowest BCUT2D eigenvalue weighted by molar-refractivity contribution is -0.274. The monoisotopic (exact) mass is 453 g/mol. The Morgan fingerprint density at radius 3 is 2.40 bits per heavy atom. The maximum atomic E-state index is 12.3. The molecule has 0 bridgehead atoms. The molecule has 0 aliphatic heterocycles. The Labute approximate surface area is 178 Å². The summed E-state index contributed by atoms with van der Waals surface area (Å²) in [6.07, 6.45) is -1.70. The number of nitrogens with one attached hydrogen (secondary N) is 1. The third kappa shape index (κ3) is 4.27. The van der Waals surface area contributed by atoms with E-state index in [-0.39, 0.29) is 5.75 Å². The standard InChI is InChI=1S/C19H12Cl2F3N5O/c1-10-26-15-6-13(20)14(21)7-16(15)29(10)18-9-25-8-17(28-18)27-11-2-4-12(5-3-11)30-19(22,23)24/h2-9H,1H3,(H,27,28). The van der Waals surface area contributed by atoms with Crippen molar-refractivity contribution in [1.82, 2.24) is 19.5 Å². The van der Waals surface area contributed by atoms with Crippen molar-refractivity contribution in [3.05, 3.63) is 64.7 Å². The lowest BCUT2D eigenvalue weighted by Crippen LogP contribution is -2.16. The summed E-state index contributed by atoms with van der Waals surface area (Å²) >= 11 is 12.2. The number of benzene rings is 2. The van der Waals surface area contributed by atoms with E-state index in [1.807, 2.05) is 6.92 Å². The summed E-state index contributed by atoms with van der Waals surface area (Å²) in [5, 5.41) is 3.77. The number of anilines is 2. The normalized spacial score (nSPS) is 11.7. The van der Waals surface area contributed by atoms with E-state index in [0.29, 0.717) is 44.2 Å².